The molecule has 0 aliphatic rings. The minimum absolute atomic E-state index is 0.0406. The molecule has 3 atom stereocenters. The molecule has 6 nitrogen and oxygen atoms in total. The third-order valence-electron chi connectivity index (χ3n) is 2.75. The van der Waals surface area contributed by atoms with E-state index in [9.17, 15) is 9.59 Å². The highest BCUT2D eigenvalue weighted by Gasteiger charge is 2.18. The number of ether oxygens (including phenoxy) is 2. The van der Waals surface area contributed by atoms with Gasteiger partial charge >= 0.3 is 11.9 Å². The number of aliphatic hydroxyl groups is 1. The van der Waals surface area contributed by atoms with Crippen LogP contribution in [0.2, 0.25) is 0 Å². The Hall–Kier alpha value is -2.08. The van der Waals surface area contributed by atoms with Gasteiger partial charge in [-0.1, -0.05) is 6.08 Å². The summed E-state index contributed by atoms with van der Waals surface area (Å²) in [5.74, 6) is -0.476. The highest BCUT2D eigenvalue weighted by atomic mass is 16.6. The van der Waals surface area contributed by atoms with E-state index >= 15 is 0 Å². The first-order valence-corrected chi connectivity index (χ1v) is 7.16. The molecule has 0 saturated carbocycles. The third-order valence-corrected chi connectivity index (χ3v) is 2.75. The van der Waals surface area contributed by atoms with Crippen LogP contribution in [0.5, 0.6) is 0 Å². The summed E-state index contributed by atoms with van der Waals surface area (Å²) >= 11 is 0. The lowest BCUT2D eigenvalue weighted by Gasteiger charge is -2.14. The zero-order valence-corrected chi connectivity index (χ0v) is 13.0. The largest absolute Gasteiger partial charge is 0.465 e. The molecule has 1 aromatic heterocycles. The maximum absolute atomic E-state index is 11.7. The van der Waals surface area contributed by atoms with Gasteiger partial charge in [-0.3, -0.25) is 4.79 Å². The first kappa shape index (κ1) is 18.0. The van der Waals surface area contributed by atoms with E-state index in [-0.39, 0.29) is 6.42 Å². The summed E-state index contributed by atoms with van der Waals surface area (Å²) in [6.07, 6.45) is 2.99. The van der Waals surface area contributed by atoms with Crippen molar-refractivity contribution in [2.45, 2.75) is 51.9 Å². The number of hydrogen-bond donors (Lipinski definition) is 1. The standard InChI is InChI=1S/C16H22O6/c1-11(17)6-4-8-15(18)21-12(2)10-16(19)22-13(3)14-7-5-9-20-14/h4-5,7-9,11-13,17H,6,10H2,1-3H3/b8-4+/t11-,12+,13-/m0/s1. The molecular weight excluding hydrogens is 288 g/mol. The van der Waals surface area contributed by atoms with E-state index in [1.807, 2.05) is 0 Å². The smallest absolute Gasteiger partial charge is 0.330 e. The summed E-state index contributed by atoms with van der Waals surface area (Å²) in [7, 11) is 0. The molecule has 0 aliphatic heterocycles. The number of hydrogen-bond acceptors (Lipinski definition) is 6. The first-order valence-electron chi connectivity index (χ1n) is 7.16. The highest BCUT2D eigenvalue weighted by molar-refractivity contribution is 5.82. The lowest BCUT2D eigenvalue weighted by molar-refractivity contribution is -0.155. The van der Waals surface area contributed by atoms with Gasteiger partial charge in [-0.05, 0) is 39.3 Å². The molecule has 0 aliphatic carbocycles. The number of carbonyl (C=O) groups excluding carboxylic acids is 2. The Kier molecular flexibility index (Phi) is 7.39. The van der Waals surface area contributed by atoms with Crippen LogP contribution in [0, 0.1) is 0 Å². The van der Waals surface area contributed by atoms with E-state index in [4.69, 9.17) is 19.0 Å². The molecular formula is C16H22O6. The van der Waals surface area contributed by atoms with Crippen LogP contribution in [0.1, 0.15) is 45.5 Å². The zero-order valence-electron chi connectivity index (χ0n) is 13.0. The minimum atomic E-state index is -0.597. The number of rotatable bonds is 8. The quantitative estimate of drug-likeness (QED) is 0.586. The van der Waals surface area contributed by atoms with Crippen LogP contribution in [0.3, 0.4) is 0 Å². The maximum atomic E-state index is 11.7. The molecule has 0 spiro atoms. The fraction of sp³-hybridized carbons (Fsp3) is 0.500. The third kappa shape index (κ3) is 7.08. The Labute approximate surface area is 129 Å². The van der Waals surface area contributed by atoms with Crippen molar-refractivity contribution in [3.05, 3.63) is 36.3 Å². The summed E-state index contributed by atoms with van der Waals surface area (Å²) in [6.45, 7) is 4.93. The van der Waals surface area contributed by atoms with Gasteiger partial charge < -0.3 is 19.0 Å². The molecule has 22 heavy (non-hydrogen) atoms. The Bertz CT molecular complexity index is 489. The van der Waals surface area contributed by atoms with Crippen molar-refractivity contribution in [1.29, 1.82) is 0 Å². The van der Waals surface area contributed by atoms with Gasteiger partial charge in [-0.25, -0.2) is 4.79 Å². The van der Waals surface area contributed by atoms with Crippen molar-refractivity contribution >= 4 is 11.9 Å². The first-order chi connectivity index (χ1) is 10.4. The van der Waals surface area contributed by atoms with E-state index < -0.39 is 30.3 Å². The lowest BCUT2D eigenvalue weighted by Crippen LogP contribution is -2.19. The second-order valence-corrected chi connectivity index (χ2v) is 5.09. The summed E-state index contributed by atoms with van der Waals surface area (Å²) in [4.78, 5) is 23.2. The fourth-order valence-corrected chi connectivity index (χ4v) is 1.70. The zero-order chi connectivity index (χ0) is 16.5. The summed E-state index contributed by atoms with van der Waals surface area (Å²) in [5, 5.41) is 9.06. The molecule has 0 radical (unpaired) electrons. The van der Waals surface area contributed by atoms with Crippen molar-refractivity contribution in [3.63, 3.8) is 0 Å². The van der Waals surface area contributed by atoms with Crippen LogP contribution in [0.4, 0.5) is 0 Å². The van der Waals surface area contributed by atoms with Crippen molar-refractivity contribution in [2.24, 2.45) is 0 Å². The average Bonchev–Trinajstić information content (AvgIpc) is 2.91. The monoisotopic (exact) mass is 310 g/mol. The fourth-order valence-electron chi connectivity index (χ4n) is 1.70. The van der Waals surface area contributed by atoms with Crippen molar-refractivity contribution in [3.8, 4) is 0 Å². The summed E-state index contributed by atoms with van der Waals surface area (Å²) in [6, 6.07) is 3.43. The Morgan fingerprint density at radius 1 is 1.32 bits per heavy atom. The van der Waals surface area contributed by atoms with Gasteiger partial charge in [0.2, 0.25) is 0 Å². The van der Waals surface area contributed by atoms with Gasteiger partial charge in [0.15, 0.2) is 6.10 Å². The van der Waals surface area contributed by atoms with Gasteiger partial charge in [0, 0.05) is 6.08 Å². The summed E-state index contributed by atoms with van der Waals surface area (Å²) < 4.78 is 15.4. The normalized spacial score (nSPS) is 15.3. The lowest BCUT2D eigenvalue weighted by atomic mass is 10.2. The second kappa shape index (κ2) is 9.04. The molecule has 1 heterocycles. The highest BCUT2D eigenvalue weighted by Crippen LogP contribution is 2.18. The predicted molar refractivity (Wildman–Crippen MR) is 78.8 cm³/mol. The topological polar surface area (TPSA) is 86.0 Å². The molecule has 0 bridgehead atoms. The van der Waals surface area contributed by atoms with E-state index in [1.165, 1.54) is 18.4 Å². The second-order valence-electron chi connectivity index (χ2n) is 5.09. The van der Waals surface area contributed by atoms with E-state index in [0.29, 0.717) is 12.2 Å². The van der Waals surface area contributed by atoms with Gasteiger partial charge in [-0.15, -0.1) is 0 Å². The number of esters is 2. The molecule has 6 heteroatoms. The molecule has 1 N–H and O–H groups in total. The van der Waals surface area contributed by atoms with Crippen molar-refractivity contribution < 1.29 is 28.6 Å². The minimum Gasteiger partial charge on any atom is -0.465 e. The van der Waals surface area contributed by atoms with Gasteiger partial charge in [-0.2, -0.15) is 0 Å². The van der Waals surface area contributed by atoms with Crippen LogP contribution < -0.4 is 0 Å². The molecule has 1 rings (SSSR count). The maximum Gasteiger partial charge on any atom is 0.330 e. The Balaban J connectivity index is 2.31. The Morgan fingerprint density at radius 2 is 2.05 bits per heavy atom. The van der Waals surface area contributed by atoms with Crippen LogP contribution in [-0.2, 0) is 19.1 Å². The Morgan fingerprint density at radius 3 is 2.64 bits per heavy atom. The van der Waals surface area contributed by atoms with Crippen LogP contribution in [0.15, 0.2) is 35.0 Å². The van der Waals surface area contributed by atoms with E-state index in [0.717, 1.165) is 0 Å². The van der Waals surface area contributed by atoms with Crippen LogP contribution in [0.25, 0.3) is 0 Å². The van der Waals surface area contributed by atoms with Crippen LogP contribution in [-0.4, -0.2) is 29.3 Å². The van der Waals surface area contributed by atoms with Gasteiger partial charge in [0.1, 0.15) is 11.9 Å². The summed E-state index contributed by atoms with van der Waals surface area (Å²) in [5.41, 5.74) is 0. The molecule has 0 saturated heterocycles. The van der Waals surface area contributed by atoms with Gasteiger partial charge in [0.05, 0.1) is 18.8 Å². The molecule has 0 amide bonds. The van der Waals surface area contributed by atoms with Gasteiger partial charge in [0.25, 0.3) is 0 Å². The molecule has 0 fully saturated rings. The van der Waals surface area contributed by atoms with Crippen molar-refractivity contribution in [2.75, 3.05) is 0 Å². The average molecular weight is 310 g/mol. The van der Waals surface area contributed by atoms with E-state index in [1.54, 1.807) is 32.9 Å². The SMILES string of the molecule is C[C@H](O)C/C=C/C(=O)O[C@H](C)CC(=O)O[C@@H](C)c1ccco1. The van der Waals surface area contributed by atoms with Crippen LogP contribution >= 0.6 is 0 Å². The number of furan rings is 1. The van der Waals surface area contributed by atoms with E-state index in [2.05, 4.69) is 0 Å². The predicted octanol–water partition coefficient (Wildman–Crippen LogP) is 2.53. The van der Waals surface area contributed by atoms with Crippen molar-refractivity contribution in [1.82, 2.24) is 0 Å². The molecule has 0 aromatic carbocycles. The number of aliphatic hydroxyl groups excluding tert-OH is 1. The molecule has 1 aromatic rings. The number of carbonyl (C=O) groups is 2. The molecule has 122 valence electrons. The molecule has 0 unspecified atom stereocenters.